The van der Waals surface area contributed by atoms with Gasteiger partial charge in [-0.1, -0.05) is 13.3 Å². The lowest BCUT2D eigenvalue weighted by atomic mass is 9.95. The Morgan fingerprint density at radius 1 is 1.50 bits per heavy atom. The molecule has 1 aliphatic carbocycles. The number of guanidine groups is 1. The molecule has 1 aromatic rings. The van der Waals surface area contributed by atoms with Crippen molar-refractivity contribution < 1.29 is 4.21 Å². The number of likely N-dealkylation sites (N-methyl/N-ethyl adjacent to an activating group) is 1. The molecule has 1 heterocycles. The van der Waals surface area contributed by atoms with E-state index in [-0.39, 0.29) is 6.04 Å². The Hall–Kier alpha value is -1.41. The van der Waals surface area contributed by atoms with Crippen molar-refractivity contribution in [3.05, 3.63) is 18.0 Å². The highest BCUT2D eigenvalue weighted by Crippen LogP contribution is 2.23. The summed E-state index contributed by atoms with van der Waals surface area (Å²) in [5.41, 5.74) is 1.18. The third-order valence-corrected chi connectivity index (χ3v) is 6.78. The normalized spacial score (nSPS) is 23.7. The largest absolute Gasteiger partial charge is 0.354 e. The molecule has 0 spiro atoms. The molecule has 7 nitrogen and oxygen atoms in total. The smallest absolute Gasteiger partial charge is 0.191 e. The van der Waals surface area contributed by atoms with Gasteiger partial charge in [-0.25, -0.2) is 0 Å². The molecule has 0 aromatic carbocycles. The third-order valence-electron chi connectivity index (χ3n) is 5.04. The Morgan fingerprint density at radius 3 is 2.85 bits per heavy atom. The zero-order valence-electron chi connectivity index (χ0n) is 16.7. The fraction of sp³-hybridized carbons (Fsp3) is 0.778. The minimum atomic E-state index is -0.707. The molecule has 148 valence electrons. The van der Waals surface area contributed by atoms with Gasteiger partial charge in [0.1, 0.15) is 0 Å². The summed E-state index contributed by atoms with van der Waals surface area (Å²) in [7, 11) is 7.17. The molecule has 1 aromatic heterocycles. The van der Waals surface area contributed by atoms with Gasteiger partial charge in [-0.3, -0.25) is 13.9 Å². The number of hydrogen-bond donors (Lipinski definition) is 2. The van der Waals surface area contributed by atoms with Gasteiger partial charge < -0.3 is 15.5 Å². The fourth-order valence-corrected chi connectivity index (χ4v) is 4.89. The summed E-state index contributed by atoms with van der Waals surface area (Å²) in [5.74, 6) is 1.56. The molecule has 0 saturated heterocycles. The first-order valence-electron chi connectivity index (χ1n) is 9.43. The van der Waals surface area contributed by atoms with Gasteiger partial charge in [0.2, 0.25) is 0 Å². The molecule has 2 rings (SSSR count). The van der Waals surface area contributed by atoms with Gasteiger partial charge in [0.05, 0.1) is 12.2 Å². The number of rotatable bonds is 7. The molecule has 2 N–H and O–H groups in total. The van der Waals surface area contributed by atoms with Crippen LogP contribution in [0.3, 0.4) is 0 Å². The van der Waals surface area contributed by atoms with E-state index in [1.165, 1.54) is 5.56 Å². The van der Waals surface area contributed by atoms with E-state index in [2.05, 4.69) is 39.7 Å². The first-order chi connectivity index (χ1) is 12.4. The summed E-state index contributed by atoms with van der Waals surface area (Å²) in [5, 5.41) is 11.6. The average molecular weight is 383 g/mol. The van der Waals surface area contributed by atoms with Crippen molar-refractivity contribution in [2.24, 2.45) is 12.0 Å². The maximum absolute atomic E-state index is 12.1. The standard InChI is InChI=1S/C18H34N6OS/c1-6-26(25)16-9-7-8-15(10-16)22-18(19-2)20-12-17(23(3)4)14-11-21-24(5)13-14/h11,13,15-17H,6-10,12H2,1-5H3,(H2,19,20,22). The van der Waals surface area contributed by atoms with Gasteiger partial charge in [-0.2, -0.15) is 5.10 Å². The zero-order chi connectivity index (χ0) is 19.1. The van der Waals surface area contributed by atoms with Crippen LogP contribution in [0.25, 0.3) is 0 Å². The molecule has 1 fully saturated rings. The second-order valence-electron chi connectivity index (χ2n) is 7.18. The Labute approximate surface area is 160 Å². The van der Waals surface area contributed by atoms with Crippen LogP contribution < -0.4 is 10.6 Å². The first-order valence-corrected chi connectivity index (χ1v) is 10.8. The van der Waals surface area contributed by atoms with E-state index in [1.54, 1.807) is 7.05 Å². The van der Waals surface area contributed by atoms with E-state index >= 15 is 0 Å². The van der Waals surface area contributed by atoms with Crippen LogP contribution in [-0.4, -0.2) is 69.6 Å². The third kappa shape index (κ3) is 5.81. The van der Waals surface area contributed by atoms with E-state index in [9.17, 15) is 4.21 Å². The minimum absolute atomic E-state index is 0.217. The molecule has 26 heavy (non-hydrogen) atoms. The second-order valence-corrected chi connectivity index (χ2v) is 9.18. The molecule has 4 unspecified atom stereocenters. The summed E-state index contributed by atoms with van der Waals surface area (Å²) in [6.45, 7) is 2.75. The van der Waals surface area contributed by atoms with Crippen LogP contribution in [0.15, 0.2) is 17.4 Å². The SMILES string of the molecule is CCS(=O)C1CCCC(NC(=NC)NCC(c2cnn(C)c2)N(C)C)C1. The molecular weight excluding hydrogens is 348 g/mol. The van der Waals surface area contributed by atoms with Gasteiger partial charge in [-0.15, -0.1) is 0 Å². The number of hydrogen-bond acceptors (Lipinski definition) is 4. The van der Waals surface area contributed by atoms with Crippen LogP contribution in [0.1, 0.15) is 44.2 Å². The number of aliphatic imine (C=N–C) groups is 1. The van der Waals surface area contributed by atoms with Gasteiger partial charge >= 0.3 is 0 Å². The van der Waals surface area contributed by atoms with E-state index in [1.807, 2.05) is 31.0 Å². The molecule has 1 aliphatic rings. The summed E-state index contributed by atoms with van der Waals surface area (Å²) in [6, 6.07) is 0.556. The van der Waals surface area contributed by atoms with Crippen LogP contribution in [0.2, 0.25) is 0 Å². The van der Waals surface area contributed by atoms with Crippen molar-refractivity contribution in [1.82, 2.24) is 25.3 Å². The minimum Gasteiger partial charge on any atom is -0.354 e. The molecule has 1 saturated carbocycles. The van der Waals surface area contributed by atoms with Crippen LogP contribution in [0, 0.1) is 0 Å². The monoisotopic (exact) mass is 382 g/mol. The lowest BCUT2D eigenvalue weighted by Gasteiger charge is -2.31. The van der Waals surface area contributed by atoms with Crippen LogP contribution in [0.5, 0.6) is 0 Å². The summed E-state index contributed by atoms with van der Waals surface area (Å²) in [6.07, 6.45) is 8.23. The lowest BCUT2D eigenvalue weighted by Crippen LogP contribution is -2.48. The van der Waals surface area contributed by atoms with Gasteiger partial charge in [0.15, 0.2) is 5.96 Å². The quantitative estimate of drug-likeness (QED) is 0.549. The van der Waals surface area contributed by atoms with Gasteiger partial charge in [0.25, 0.3) is 0 Å². The van der Waals surface area contributed by atoms with E-state index in [0.717, 1.165) is 43.9 Å². The van der Waals surface area contributed by atoms with E-state index in [4.69, 9.17) is 0 Å². The average Bonchev–Trinajstić information content (AvgIpc) is 3.06. The maximum Gasteiger partial charge on any atom is 0.191 e. The predicted octanol–water partition coefficient (Wildman–Crippen LogP) is 1.27. The van der Waals surface area contributed by atoms with Crippen molar-refractivity contribution >= 4 is 16.8 Å². The molecule has 8 heteroatoms. The fourth-order valence-electron chi connectivity index (χ4n) is 3.54. The topological polar surface area (TPSA) is 74.5 Å². The highest BCUT2D eigenvalue weighted by atomic mass is 32.2. The van der Waals surface area contributed by atoms with E-state index < -0.39 is 10.8 Å². The van der Waals surface area contributed by atoms with Crippen molar-refractivity contribution in [2.45, 2.75) is 49.9 Å². The van der Waals surface area contributed by atoms with Gasteiger partial charge in [0, 0.05) is 60.2 Å². The van der Waals surface area contributed by atoms with Gasteiger partial charge in [-0.05, 0) is 33.4 Å². The Balaban J connectivity index is 1.91. The summed E-state index contributed by atoms with van der Waals surface area (Å²) in [4.78, 5) is 6.56. The van der Waals surface area contributed by atoms with Crippen LogP contribution >= 0.6 is 0 Å². The molecule has 0 bridgehead atoms. The molecule has 0 radical (unpaired) electrons. The van der Waals surface area contributed by atoms with E-state index in [0.29, 0.717) is 11.3 Å². The second kappa shape index (κ2) is 10.1. The summed E-state index contributed by atoms with van der Waals surface area (Å²) >= 11 is 0. The van der Waals surface area contributed by atoms with Crippen molar-refractivity contribution in [2.75, 3.05) is 33.4 Å². The van der Waals surface area contributed by atoms with Crippen molar-refractivity contribution in [3.63, 3.8) is 0 Å². The highest BCUT2D eigenvalue weighted by molar-refractivity contribution is 7.85. The summed E-state index contributed by atoms with van der Waals surface area (Å²) < 4.78 is 14.0. The molecule has 0 amide bonds. The van der Waals surface area contributed by atoms with Crippen molar-refractivity contribution in [1.29, 1.82) is 0 Å². The van der Waals surface area contributed by atoms with Crippen LogP contribution in [-0.2, 0) is 17.8 Å². The number of nitrogens with zero attached hydrogens (tertiary/aromatic N) is 4. The Morgan fingerprint density at radius 2 is 2.27 bits per heavy atom. The lowest BCUT2D eigenvalue weighted by molar-refractivity contribution is 0.297. The van der Waals surface area contributed by atoms with Crippen molar-refractivity contribution in [3.8, 4) is 0 Å². The molecule has 4 atom stereocenters. The Kier molecular flexibility index (Phi) is 8.09. The first kappa shape index (κ1) is 20.9. The predicted molar refractivity (Wildman–Crippen MR) is 109 cm³/mol. The number of aryl methyl sites for hydroxylation is 1. The zero-order valence-corrected chi connectivity index (χ0v) is 17.6. The number of nitrogens with one attached hydrogen (secondary N) is 2. The van der Waals surface area contributed by atoms with Crippen LogP contribution in [0.4, 0.5) is 0 Å². The molecule has 0 aliphatic heterocycles. The number of aromatic nitrogens is 2. The highest BCUT2D eigenvalue weighted by Gasteiger charge is 2.26. The molecular formula is C18H34N6OS. The maximum atomic E-state index is 12.1. The Bertz CT molecular complexity index is 615.